The molecule has 2 rings (SSSR count). The monoisotopic (exact) mass is 426 g/mol. The number of hydrogen-bond acceptors (Lipinski definition) is 4. The summed E-state index contributed by atoms with van der Waals surface area (Å²) in [5.41, 5.74) is -0.648. The van der Waals surface area contributed by atoms with E-state index < -0.39 is 33.8 Å². The first kappa shape index (κ1) is 23.5. The molecule has 1 aliphatic heterocycles. The van der Waals surface area contributed by atoms with E-state index in [0.717, 1.165) is 12.8 Å². The molecule has 7 heteroatoms. The lowest BCUT2D eigenvalue weighted by Gasteiger charge is -2.56. The van der Waals surface area contributed by atoms with Gasteiger partial charge in [-0.05, 0) is 65.1 Å². The van der Waals surface area contributed by atoms with Gasteiger partial charge in [0.2, 0.25) is 0 Å². The number of aliphatic carboxylic acids is 1. The third-order valence-electron chi connectivity index (χ3n) is 5.61. The Morgan fingerprint density at radius 3 is 2.18 bits per heavy atom. The van der Waals surface area contributed by atoms with Crippen LogP contribution >= 0.6 is 0 Å². The minimum absolute atomic E-state index is 0.159. The second kappa shape index (κ2) is 7.50. The first-order valence-electron chi connectivity index (χ1n) is 10.1. The van der Waals surface area contributed by atoms with Crippen LogP contribution < -0.4 is 0 Å². The molecular weight excluding hydrogens is 388 g/mol. The molecule has 1 aliphatic carbocycles. The van der Waals surface area contributed by atoms with Gasteiger partial charge in [-0.1, -0.05) is 19.1 Å². The Bertz CT molecular complexity index is 653. The Morgan fingerprint density at radius 2 is 1.71 bits per heavy atom. The zero-order chi connectivity index (χ0) is 21.6. The molecule has 2 fully saturated rings. The number of carboxylic acids is 1. The van der Waals surface area contributed by atoms with Crippen molar-refractivity contribution in [1.82, 2.24) is 0 Å². The van der Waals surface area contributed by atoms with Gasteiger partial charge in [0.15, 0.2) is 16.6 Å². The Hall–Kier alpha value is -0.736. The van der Waals surface area contributed by atoms with Crippen LogP contribution in [0.3, 0.4) is 0 Å². The van der Waals surface area contributed by atoms with Crippen molar-refractivity contribution in [3.05, 3.63) is 23.8 Å². The van der Waals surface area contributed by atoms with E-state index in [1.165, 1.54) is 6.08 Å². The van der Waals surface area contributed by atoms with Gasteiger partial charge < -0.3 is 18.7 Å². The van der Waals surface area contributed by atoms with Crippen LogP contribution in [0, 0.1) is 5.41 Å². The fourth-order valence-corrected chi connectivity index (χ4v) is 7.47. The van der Waals surface area contributed by atoms with Gasteiger partial charge in [-0.25, -0.2) is 4.79 Å². The maximum atomic E-state index is 11.0. The summed E-state index contributed by atoms with van der Waals surface area (Å²) in [6.07, 6.45) is 7.02. The molecule has 1 saturated heterocycles. The van der Waals surface area contributed by atoms with Crippen molar-refractivity contribution in [3.63, 3.8) is 0 Å². The average molecular weight is 427 g/mol. The van der Waals surface area contributed by atoms with Crippen molar-refractivity contribution in [1.29, 1.82) is 0 Å². The van der Waals surface area contributed by atoms with Gasteiger partial charge in [-0.3, -0.25) is 0 Å². The van der Waals surface area contributed by atoms with Crippen molar-refractivity contribution in [2.24, 2.45) is 5.41 Å². The predicted octanol–water partition coefficient (Wildman–Crippen LogP) is 4.97. The second-order valence-electron chi connectivity index (χ2n) is 10.9. The first-order valence-corrected chi connectivity index (χ1v) is 17.0. The van der Waals surface area contributed by atoms with Crippen LogP contribution in [0.5, 0.6) is 0 Å². The number of ether oxygens (including phenoxy) is 1. The molecule has 1 heterocycles. The third-order valence-corrected chi connectivity index (χ3v) is 7.58. The largest absolute Gasteiger partial charge is 0.478 e. The van der Waals surface area contributed by atoms with E-state index in [9.17, 15) is 4.79 Å². The summed E-state index contributed by atoms with van der Waals surface area (Å²) in [6.45, 7) is 20.0. The summed E-state index contributed by atoms with van der Waals surface area (Å²) in [6, 6.07) is 0. The molecule has 0 spiro atoms. The van der Waals surface area contributed by atoms with E-state index in [1.807, 2.05) is 6.08 Å². The lowest BCUT2D eigenvalue weighted by atomic mass is 9.59. The maximum Gasteiger partial charge on any atom is 0.328 e. The van der Waals surface area contributed by atoms with Crippen molar-refractivity contribution < 1.29 is 23.5 Å². The van der Waals surface area contributed by atoms with Gasteiger partial charge in [0.25, 0.3) is 0 Å². The highest BCUT2D eigenvalue weighted by atomic mass is 28.4. The minimum atomic E-state index is -1.93. The predicted molar refractivity (Wildman–Crippen MR) is 118 cm³/mol. The number of allylic oxidation sites excluding steroid dienone is 2. The fraction of sp³-hybridized carbons (Fsp3) is 0.762. The fourth-order valence-electron chi connectivity index (χ4n) is 4.80. The molecule has 160 valence electrons. The molecule has 1 saturated carbocycles. The lowest BCUT2D eigenvalue weighted by molar-refractivity contribution is -0.137. The van der Waals surface area contributed by atoms with E-state index >= 15 is 0 Å². The SMILES string of the molecule is CC(=C/C(=O)O)/C=C/[C@@]1(O[Si](C)(C)C)C2(C)CC(O[Si](C)(C)C)C[C@]1(C)CO2. The normalized spacial score (nSPS) is 36.9. The molecular formula is C21H38O5Si2. The molecule has 1 N–H and O–H groups in total. The van der Waals surface area contributed by atoms with Gasteiger partial charge in [0, 0.05) is 24.0 Å². The number of rotatable bonds is 7. The summed E-state index contributed by atoms with van der Waals surface area (Å²) in [4.78, 5) is 11.0. The second-order valence-corrected chi connectivity index (χ2v) is 19.7. The van der Waals surface area contributed by atoms with E-state index in [0.29, 0.717) is 12.2 Å². The molecule has 0 aromatic heterocycles. The zero-order valence-electron chi connectivity index (χ0n) is 19.0. The summed E-state index contributed by atoms with van der Waals surface area (Å²) < 4.78 is 19.8. The van der Waals surface area contributed by atoms with Gasteiger partial charge >= 0.3 is 5.97 Å². The summed E-state index contributed by atoms with van der Waals surface area (Å²) >= 11 is 0. The van der Waals surface area contributed by atoms with E-state index in [1.54, 1.807) is 6.92 Å². The van der Waals surface area contributed by atoms with Crippen LogP contribution in [0.15, 0.2) is 23.8 Å². The first-order chi connectivity index (χ1) is 12.5. The molecule has 28 heavy (non-hydrogen) atoms. The quantitative estimate of drug-likeness (QED) is 0.353. The number of carbonyl (C=O) groups is 1. The van der Waals surface area contributed by atoms with Crippen molar-refractivity contribution in [2.45, 2.75) is 90.2 Å². The molecule has 2 bridgehead atoms. The molecule has 5 nitrogen and oxygen atoms in total. The third kappa shape index (κ3) is 4.87. The Morgan fingerprint density at radius 1 is 1.11 bits per heavy atom. The smallest absolute Gasteiger partial charge is 0.328 e. The van der Waals surface area contributed by atoms with Gasteiger partial charge in [-0.2, -0.15) is 0 Å². The van der Waals surface area contributed by atoms with Crippen molar-refractivity contribution in [3.8, 4) is 0 Å². The Labute approximate surface area is 172 Å². The molecule has 0 amide bonds. The molecule has 0 aromatic carbocycles. The van der Waals surface area contributed by atoms with Crippen molar-refractivity contribution >= 4 is 22.6 Å². The number of fused-ring (bicyclic) bond motifs is 2. The summed E-state index contributed by atoms with van der Waals surface area (Å²) in [7, 11) is -3.60. The Kier molecular flexibility index (Phi) is 6.31. The van der Waals surface area contributed by atoms with Gasteiger partial charge in [0.05, 0.1) is 12.2 Å². The van der Waals surface area contributed by atoms with Crippen LogP contribution in [-0.2, 0) is 18.4 Å². The van der Waals surface area contributed by atoms with E-state index in [-0.39, 0.29) is 11.5 Å². The molecule has 4 atom stereocenters. The summed E-state index contributed by atoms with van der Waals surface area (Å²) in [5.74, 6) is -0.939. The van der Waals surface area contributed by atoms with Gasteiger partial charge in [0.1, 0.15) is 5.60 Å². The molecule has 2 aliphatic rings. The lowest BCUT2D eigenvalue weighted by Crippen LogP contribution is -2.65. The van der Waals surface area contributed by atoms with Gasteiger partial charge in [-0.15, -0.1) is 0 Å². The van der Waals surface area contributed by atoms with Crippen LogP contribution in [0.25, 0.3) is 0 Å². The van der Waals surface area contributed by atoms with Crippen LogP contribution in [0.1, 0.15) is 33.6 Å². The average Bonchev–Trinajstić information content (AvgIpc) is 2.56. The highest BCUT2D eigenvalue weighted by Gasteiger charge is 2.69. The number of hydrogen-bond donors (Lipinski definition) is 1. The Balaban J connectivity index is 2.50. The zero-order valence-corrected chi connectivity index (χ0v) is 21.0. The highest BCUT2D eigenvalue weighted by Crippen LogP contribution is 2.61. The van der Waals surface area contributed by atoms with Crippen molar-refractivity contribution in [2.75, 3.05) is 6.61 Å². The van der Waals surface area contributed by atoms with Crippen LogP contribution in [0.4, 0.5) is 0 Å². The van der Waals surface area contributed by atoms with E-state index in [4.69, 9.17) is 18.7 Å². The standard InChI is InChI=1S/C21H38O5Si2/c1-16(12-18(22)23)10-11-21(26-28(7,8)9)19(2)13-17(25-27(4,5)6)14-20(21,3)24-15-19/h10-12,17H,13-15H2,1-9H3,(H,22,23)/b11-10+,16-12-/t17?,19-,20?,21+/m1/s1. The molecule has 0 radical (unpaired) electrons. The highest BCUT2D eigenvalue weighted by molar-refractivity contribution is 6.70. The molecule has 2 unspecified atom stereocenters. The molecule has 0 aromatic rings. The minimum Gasteiger partial charge on any atom is -0.478 e. The van der Waals surface area contributed by atoms with E-state index in [2.05, 4.69) is 59.2 Å². The number of carboxylic acid groups (broad SMARTS) is 1. The topological polar surface area (TPSA) is 65.0 Å². The van der Waals surface area contributed by atoms with Crippen LogP contribution in [0.2, 0.25) is 39.3 Å². The maximum absolute atomic E-state index is 11.0. The van der Waals surface area contributed by atoms with Crippen LogP contribution in [-0.4, -0.2) is 51.6 Å². The summed E-state index contributed by atoms with van der Waals surface area (Å²) in [5, 5.41) is 9.06.